The fourth-order valence-corrected chi connectivity index (χ4v) is 3.54. The van der Waals surface area contributed by atoms with Crippen LogP contribution in [0.15, 0.2) is 0 Å². The first kappa shape index (κ1) is 16.7. The molecule has 21 heavy (non-hydrogen) atoms. The number of carbonyl (C=O) groups is 1. The monoisotopic (exact) mass is 296 g/mol. The zero-order chi connectivity index (χ0) is 15.3. The molecule has 1 unspecified atom stereocenters. The van der Waals surface area contributed by atoms with E-state index in [9.17, 15) is 4.79 Å². The van der Waals surface area contributed by atoms with E-state index in [0.29, 0.717) is 0 Å². The highest BCUT2D eigenvalue weighted by molar-refractivity contribution is 5.84. The lowest BCUT2D eigenvalue weighted by Crippen LogP contribution is -2.54. The van der Waals surface area contributed by atoms with Gasteiger partial charge in [0.05, 0.1) is 5.54 Å². The molecule has 122 valence electrons. The van der Waals surface area contributed by atoms with Gasteiger partial charge >= 0.3 is 0 Å². The number of nitrogens with zero attached hydrogens (tertiary/aromatic N) is 2. The molecule has 0 aliphatic carbocycles. The molecule has 2 saturated heterocycles. The van der Waals surface area contributed by atoms with E-state index in [0.717, 1.165) is 32.1 Å². The Bertz CT molecular complexity index is 335. The predicted molar refractivity (Wildman–Crippen MR) is 86.2 cm³/mol. The zero-order valence-electron chi connectivity index (χ0n) is 13.7. The molecule has 1 amide bonds. The minimum Gasteiger partial charge on any atom is -0.368 e. The molecule has 0 aromatic heterocycles. The molecule has 2 rings (SSSR count). The maximum Gasteiger partial charge on any atom is 0.237 e. The van der Waals surface area contributed by atoms with E-state index < -0.39 is 5.54 Å². The Labute approximate surface area is 129 Å². The summed E-state index contributed by atoms with van der Waals surface area (Å²) in [5, 5.41) is 3.07. The average Bonchev–Trinajstić information content (AvgIpc) is 2.53. The maximum atomic E-state index is 11.5. The molecule has 0 bridgehead atoms. The van der Waals surface area contributed by atoms with E-state index in [-0.39, 0.29) is 5.91 Å². The zero-order valence-corrected chi connectivity index (χ0v) is 13.7. The van der Waals surface area contributed by atoms with Crippen molar-refractivity contribution in [2.45, 2.75) is 57.0 Å². The number of carbonyl (C=O) groups excluding carboxylic acids is 1. The summed E-state index contributed by atoms with van der Waals surface area (Å²) in [5.74, 6) is -0.256. The molecule has 0 aromatic carbocycles. The Hall–Kier alpha value is -0.650. The lowest BCUT2D eigenvalue weighted by atomic mass is 9.95. The molecule has 0 saturated carbocycles. The molecule has 3 N–H and O–H groups in total. The van der Waals surface area contributed by atoms with Crippen molar-refractivity contribution < 1.29 is 4.79 Å². The summed E-state index contributed by atoms with van der Waals surface area (Å²) >= 11 is 0. The average molecular weight is 296 g/mol. The van der Waals surface area contributed by atoms with Gasteiger partial charge in [-0.05, 0) is 72.3 Å². The highest BCUT2D eigenvalue weighted by atomic mass is 16.1. The second-order valence-electron chi connectivity index (χ2n) is 6.87. The van der Waals surface area contributed by atoms with Crippen molar-refractivity contribution in [1.29, 1.82) is 0 Å². The van der Waals surface area contributed by atoms with Gasteiger partial charge in [-0.2, -0.15) is 0 Å². The first-order chi connectivity index (χ1) is 10.0. The van der Waals surface area contributed by atoms with Crippen LogP contribution in [0, 0.1) is 0 Å². The third-order valence-electron chi connectivity index (χ3n) is 5.49. The number of nitrogens with two attached hydrogens (primary N) is 1. The second kappa shape index (κ2) is 7.56. The number of likely N-dealkylation sites (N-methyl/N-ethyl adjacent to an activating group) is 1. The van der Waals surface area contributed by atoms with E-state index in [1.54, 1.807) is 0 Å². The first-order valence-corrected chi connectivity index (χ1v) is 8.50. The summed E-state index contributed by atoms with van der Waals surface area (Å²) in [7, 11) is 1.81. The third-order valence-corrected chi connectivity index (χ3v) is 5.49. The predicted octanol–water partition coefficient (Wildman–Crippen LogP) is 0.790. The van der Waals surface area contributed by atoms with Gasteiger partial charge in [0.2, 0.25) is 5.91 Å². The number of piperidine rings is 2. The lowest BCUT2D eigenvalue weighted by molar-refractivity contribution is -0.124. The molecule has 0 spiro atoms. The Morgan fingerprint density at radius 2 is 1.81 bits per heavy atom. The summed E-state index contributed by atoms with van der Waals surface area (Å²) in [4.78, 5) is 16.7. The largest absolute Gasteiger partial charge is 0.368 e. The topological polar surface area (TPSA) is 61.6 Å². The van der Waals surface area contributed by atoms with Crippen molar-refractivity contribution in [1.82, 2.24) is 15.1 Å². The Kier molecular flexibility index (Phi) is 6.02. The number of hydrogen-bond acceptors (Lipinski definition) is 4. The summed E-state index contributed by atoms with van der Waals surface area (Å²) < 4.78 is 0. The molecule has 5 heteroatoms. The summed E-state index contributed by atoms with van der Waals surface area (Å²) in [6.45, 7) is 7.75. The van der Waals surface area contributed by atoms with Crippen LogP contribution < -0.4 is 11.1 Å². The van der Waals surface area contributed by atoms with E-state index in [1.807, 2.05) is 14.0 Å². The van der Waals surface area contributed by atoms with Crippen LogP contribution in [-0.2, 0) is 4.79 Å². The molecule has 0 radical (unpaired) electrons. The van der Waals surface area contributed by atoms with Gasteiger partial charge in [-0.15, -0.1) is 0 Å². The van der Waals surface area contributed by atoms with Crippen molar-refractivity contribution in [3.63, 3.8) is 0 Å². The van der Waals surface area contributed by atoms with Crippen LogP contribution in [0.1, 0.15) is 45.4 Å². The third kappa shape index (κ3) is 4.41. The van der Waals surface area contributed by atoms with Gasteiger partial charge < -0.3 is 20.9 Å². The summed E-state index contributed by atoms with van der Waals surface area (Å²) in [5.41, 5.74) is 4.91. The number of likely N-dealkylation sites (tertiary alicyclic amines) is 2. The number of hydrogen-bond donors (Lipinski definition) is 2. The SMILES string of the molecule is CNC(C)(CCN1CCC(N2CCCCC2)CC1)C(N)=O. The van der Waals surface area contributed by atoms with Gasteiger partial charge in [0, 0.05) is 12.6 Å². The Balaban J connectivity index is 1.72. The van der Waals surface area contributed by atoms with Crippen LogP contribution in [0.2, 0.25) is 0 Å². The maximum absolute atomic E-state index is 11.5. The molecular weight excluding hydrogens is 264 g/mol. The van der Waals surface area contributed by atoms with Crippen LogP contribution in [0.4, 0.5) is 0 Å². The fraction of sp³-hybridized carbons (Fsp3) is 0.938. The highest BCUT2D eigenvalue weighted by Crippen LogP contribution is 2.21. The fourth-order valence-electron chi connectivity index (χ4n) is 3.54. The molecule has 2 fully saturated rings. The molecule has 0 aromatic rings. The Morgan fingerprint density at radius 3 is 2.33 bits per heavy atom. The van der Waals surface area contributed by atoms with Gasteiger partial charge in [-0.3, -0.25) is 4.79 Å². The van der Waals surface area contributed by atoms with Crippen molar-refractivity contribution in [3.8, 4) is 0 Å². The van der Waals surface area contributed by atoms with E-state index in [4.69, 9.17) is 5.73 Å². The van der Waals surface area contributed by atoms with Gasteiger partial charge in [-0.25, -0.2) is 0 Å². The van der Waals surface area contributed by atoms with Crippen LogP contribution >= 0.6 is 0 Å². The quantitative estimate of drug-likeness (QED) is 0.761. The number of primary amides is 1. The molecule has 2 aliphatic heterocycles. The second-order valence-corrected chi connectivity index (χ2v) is 6.87. The summed E-state index contributed by atoms with van der Waals surface area (Å²) in [6.07, 6.45) is 7.48. The minimum atomic E-state index is -0.580. The number of rotatable bonds is 6. The standard InChI is InChI=1S/C16H32N4O/c1-16(18-2,15(17)21)8-13-19-11-6-14(7-12-19)20-9-4-3-5-10-20/h14,18H,3-13H2,1-2H3,(H2,17,21). The Morgan fingerprint density at radius 1 is 1.19 bits per heavy atom. The van der Waals surface area contributed by atoms with Crippen molar-refractivity contribution in [3.05, 3.63) is 0 Å². The van der Waals surface area contributed by atoms with Crippen molar-refractivity contribution >= 4 is 5.91 Å². The van der Waals surface area contributed by atoms with Gasteiger partial charge in [0.25, 0.3) is 0 Å². The van der Waals surface area contributed by atoms with Gasteiger partial charge in [0.15, 0.2) is 0 Å². The van der Waals surface area contributed by atoms with E-state index in [1.165, 1.54) is 45.2 Å². The molecular formula is C16H32N4O. The highest BCUT2D eigenvalue weighted by Gasteiger charge is 2.31. The first-order valence-electron chi connectivity index (χ1n) is 8.50. The number of nitrogens with one attached hydrogen (secondary N) is 1. The van der Waals surface area contributed by atoms with Crippen molar-refractivity contribution in [2.24, 2.45) is 5.73 Å². The molecule has 5 nitrogen and oxygen atoms in total. The van der Waals surface area contributed by atoms with Crippen LogP contribution in [0.3, 0.4) is 0 Å². The molecule has 2 heterocycles. The van der Waals surface area contributed by atoms with Crippen LogP contribution in [0.25, 0.3) is 0 Å². The molecule has 2 aliphatic rings. The van der Waals surface area contributed by atoms with Crippen LogP contribution in [0.5, 0.6) is 0 Å². The summed E-state index contributed by atoms with van der Waals surface area (Å²) in [6, 6.07) is 0.786. The normalized spacial score (nSPS) is 25.6. The van der Waals surface area contributed by atoms with Crippen LogP contribution in [-0.4, -0.2) is 67.1 Å². The smallest absolute Gasteiger partial charge is 0.237 e. The number of amides is 1. The lowest BCUT2D eigenvalue weighted by Gasteiger charge is -2.41. The van der Waals surface area contributed by atoms with E-state index >= 15 is 0 Å². The van der Waals surface area contributed by atoms with Gasteiger partial charge in [0.1, 0.15) is 0 Å². The minimum absolute atomic E-state index is 0.256. The van der Waals surface area contributed by atoms with E-state index in [2.05, 4.69) is 15.1 Å². The molecule has 1 atom stereocenters. The van der Waals surface area contributed by atoms with Crippen molar-refractivity contribution in [2.75, 3.05) is 39.8 Å². The van der Waals surface area contributed by atoms with Gasteiger partial charge in [-0.1, -0.05) is 6.42 Å².